The molecule has 1 N–H and O–H groups in total. The van der Waals surface area contributed by atoms with Gasteiger partial charge in [-0.25, -0.2) is 0 Å². The quantitative estimate of drug-likeness (QED) is 0.850. The molecule has 6 nitrogen and oxygen atoms in total. The van der Waals surface area contributed by atoms with Gasteiger partial charge in [-0.2, -0.15) is 9.64 Å². The highest BCUT2D eigenvalue weighted by Crippen LogP contribution is 2.30. The van der Waals surface area contributed by atoms with Gasteiger partial charge in [-0.3, -0.25) is 4.79 Å². The van der Waals surface area contributed by atoms with E-state index >= 15 is 0 Å². The largest absolute Gasteiger partial charge is 0.345 e. The second-order valence-electron chi connectivity index (χ2n) is 6.10. The highest BCUT2D eigenvalue weighted by Gasteiger charge is 2.20. The van der Waals surface area contributed by atoms with Gasteiger partial charge in [0.2, 0.25) is 5.91 Å². The maximum absolute atomic E-state index is 12.5. The Morgan fingerprint density at radius 3 is 2.62 bits per heavy atom. The van der Waals surface area contributed by atoms with Crippen molar-refractivity contribution >= 4 is 39.7 Å². The summed E-state index contributed by atoms with van der Waals surface area (Å²) >= 11 is 7.03. The van der Waals surface area contributed by atoms with Crippen molar-refractivity contribution in [1.82, 2.24) is 14.2 Å². The summed E-state index contributed by atoms with van der Waals surface area (Å²) in [4.78, 5) is 16.8. The fourth-order valence-corrected chi connectivity index (χ4v) is 3.85. The summed E-state index contributed by atoms with van der Waals surface area (Å²) in [6, 6.07) is 9.69. The van der Waals surface area contributed by atoms with Gasteiger partial charge in [-0.05, 0) is 35.8 Å². The molecule has 1 aliphatic heterocycles. The standard InChI is InChI=1S/C18H20ClN5OS/c1-2-23-7-9-24(10-8-23)16(25)11-13-3-5-14(6-4-13)21-18-15(12-20)17(19)22-26-18/h3-6,21H,2,7-11H2,1H3. The van der Waals surface area contributed by atoms with Gasteiger partial charge in [0.05, 0.1) is 6.42 Å². The Labute approximate surface area is 162 Å². The van der Waals surface area contributed by atoms with Gasteiger partial charge in [-0.1, -0.05) is 30.7 Å². The third-order valence-electron chi connectivity index (χ3n) is 4.50. The maximum atomic E-state index is 12.5. The van der Waals surface area contributed by atoms with E-state index in [0.717, 1.165) is 55.5 Å². The van der Waals surface area contributed by atoms with Crippen molar-refractivity contribution in [3.05, 3.63) is 40.5 Å². The lowest BCUT2D eigenvalue weighted by Gasteiger charge is -2.34. The van der Waals surface area contributed by atoms with Crippen molar-refractivity contribution in [3.63, 3.8) is 0 Å². The molecule has 3 rings (SSSR count). The van der Waals surface area contributed by atoms with Crippen LogP contribution in [-0.4, -0.2) is 52.8 Å². The second kappa shape index (κ2) is 8.49. The molecule has 0 unspecified atom stereocenters. The van der Waals surface area contributed by atoms with Crippen LogP contribution in [0.3, 0.4) is 0 Å². The van der Waals surface area contributed by atoms with Crippen LogP contribution in [0, 0.1) is 11.3 Å². The van der Waals surface area contributed by atoms with E-state index < -0.39 is 0 Å². The van der Waals surface area contributed by atoms with E-state index in [-0.39, 0.29) is 11.1 Å². The molecule has 0 aliphatic carbocycles. The smallest absolute Gasteiger partial charge is 0.227 e. The molecule has 0 radical (unpaired) electrons. The molecular formula is C18H20ClN5OS. The summed E-state index contributed by atoms with van der Waals surface area (Å²) in [6.45, 7) is 6.68. The summed E-state index contributed by atoms with van der Waals surface area (Å²) in [7, 11) is 0. The van der Waals surface area contributed by atoms with Crippen LogP contribution in [-0.2, 0) is 11.2 Å². The Morgan fingerprint density at radius 1 is 1.31 bits per heavy atom. The summed E-state index contributed by atoms with van der Waals surface area (Å²) in [6.07, 6.45) is 0.405. The van der Waals surface area contributed by atoms with Gasteiger partial charge in [0, 0.05) is 31.9 Å². The normalized spacial score (nSPS) is 14.9. The first kappa shape index (κ1) is 18.6. The number of aromatic nitrogens is 1. The Morgan fingerprint density at radius 2 is 2.00 bits per heavy atom. The first-order valence-corrected chi connectivity index (χ1v) is 9.67. The van der Waals surface area contributed by atoms with Crippen molar-refractivity contribution in [2.75, 3.05) is 38.0 Å². The molecule has 26 heavy (non-hydrogen) atoms. The van der Waals surface area contributed by atoms with Crippen LogP contribution in [0.2, 0.25) is 5.15 Å². The van der Waals surface area contributed by atoms with Crippen LogP contribution in [0.25, 0.3) is 0 Å². The molecular weight excluding hydrogens is 370 g/mol. The van der Waals surface area contributed by atoms with Crippen molar-refractivity contribution in [2.45, 2.75) is 13.3 Å². The SMILES string of the molecule is CCN1CCN(C(=O)Cc2ccc(Nc3snc(Cl)c3C#N)cc2)CC1. The number of amides is 1. The zero-order valence-corrected chi connectivity index (χ0v) is 16.1. The minimum absolute atomic E-state index is 0.169. The topological polar surface area (TPSA) is 72.3 Å². The molecule has 1 aromatic carbocycles. The molecule has 0 saturated carbocycles. The number of piperazine rings is 1. The number of carbonyl (C=O) groups excluding carboxylic acids is 1. The first-order valence-electron chi connectivity index (χ1n) is 8.52. The van der Waals surface area contributed by atoms with E-state index in [1.54, 1.807) is 0 Å². The number of hydrogen-bond donors (Lipinski definition) is 1. The Kier molecular flexibility index (Phi) is 6.09. The van der Waals surface area contributed by atoms with Crippen LogP contribution in [0.15, 0.2) is 24.3 Å². The van der Waals surface area contributed by atoms with Crippen LogP contribution in [0.1, 0.15) is 18.1 Å². The number of anilines is 2. The molecule has 1 saturated heterocycles. The lowest BCUT2D eigenvalue weighted by Crippen LogP contribution is -2.48. The van der Waals surface area contributed by atoms with Crippen molar-refractivity contribution in [1.29, 1.82) is 5.26 Å². The third kappa shape index (κ3) is 4.33. The zero-order chi connectivity index (χ0) is 18.5. The zero-order valence-electron chi connectivity index (χ0n) is 14.5. The van der Waals surface area contributed by atoms with E-state index in [0.29, 0.717) is 17.0 Å². The monoisotopic (exact) mass is 389 g/mol. The molecule has 0 spiro atoms. The number of likely N-dealkylation sites (N-methyl/N-ethyl adjacent to an activating group) is 1. The number of nitrogens with one attached hydrogen (secondary N) is 1. The molecule has 0 bridgehead atoms. The lowest BCUT2D eigenvalue weighted by atomic mass is 10.1. The molecule has 1 amide bonds. The van der Waals surface area contributed by atoms with Crippen LogP contribution in [0.5, 0.6) is 0 Å². The highest BCUT2D eigenvalue weighted by atomic mass is 35.5. The summed E-state index contributed by atoms with van der Waals surface area (Å²) in [5.41, 5.74) is 2.15. The summed E-state index contributed by atoms with van der Waals surface area (Å²) in [5.74, 6) is 0.169. The fourth-order valence-electron chi connectivity index (χ4n) is 2.89. The van der Waals surface area contributed by atoms with E-state index in [9.17, 15) is 4.79 Å². The predicted octanol–water partition coefficient (Wildman–Crippen LogP) is 3.12. The number of nitriles is 1. The molecule has 0 atom stereocenters. The van der Waals surface area contributed by atoms with Crippen molar-refractivity contribution < 1.29 is 4.79 Å². The molecule has 2 heterocycles. The molecule has 1 aromatic heterocycles. The van der Waals surface area contributed by atoms with Gasteiger partial charge in [-0.15, -0.1) is 0 Å². The van der Waals surface area contributed by atoms with E-state index in [4.69, 9.17) is 16.9 Å². The average Bonchev–Trinajstić information content (AvgIpc) is 3.02. The number of nitrogens with zero attached hydrogens (tertiary/aromatic N) is 4. The Balaban J connectivity index is 1.58. The first-order chi connectivity index (χ1) is 12.6. The average molecular weight is 390 g/mol. The summed E-state index contributed by atoms with van der Waals surface area (Å²) in [5, 5.41) is 13.1. The molecule has 2 aromatic rings. The summed E-state index contributed by atoms with van der Waals surface area (Å²) < 4.78 is 3.97. The Bertz CT molecular complexity index is 806. The third-order valence-corrected chi connectivity index (χ3v) is 5.64. The molecule has 136 valence electrons. The number of benzene rings is 1. The van der Waals surface area contributed by atoms with Crippen LogP contribution >= 0.6 is 23.1 Å². The van der Waals surface area contributed by atoms with E-state index in [1.165, 1.54) is 0 Å². The van der Waals surface area contributed by atoms with Gasteiger partial charge in [0.25, 0.3) is 0 Å². The number of carbonyl (C=O) groups is 1. The lowest BCUT2D eigenvalue weighted by molar-refractivity contribution is -0.132. The molecule has 1 aliphatic rings. The molecule has 8 heteroatoms. The van der Waals surface area contributed by atoms with Gasteiger partial charge in [0.15, 0.2) is 5.15 Å². The van der Waals surface area contributed by atoms with Crippen LogP contribution in [0.4, 0.5) is 10.7 Å². The van der Waals surface area contributed by atoms with Gasteiger partial charge < -0.3 is 15.1 Å². The minimum atomic E-state index is 0.169. The van der Waals surface area contributed by atoms with Crippen molar-refractivity contribution in [3.8, 4) is 6.07 Å². The number of hydrogen-bond acceptors (Lipinski definition) is 6. The van der Waals surface area contributed by atoms with Gasteiger partial charge in [0.1, 0.15) is 16.6 Å². The number of rotatable bonds is 5. The number of halogens is 1. The maximum Gasteiger partial charge on any atom is 0.227 e. The van der Waals surface area contributed by atoms with E-state index in [1.807, 2.05) is 35.2 Å². The minimum Gasteiger partial charge on any atom is -0.345 e. The fraction of sp³-hybridized carbons (Fsp3) is 0.389. The van der Waals surface area contributed by atoms with Crippen molar-refractivity contribution in [2.24, 2.45) is 0 Å². The van der Waals surface area contributed by atoms with E-state index in [2.05, 4.69) is 21.5 Å². The molecule has 1 fully saturated rings. The Hall–Kier alpha value is -2.14. The second-order valence-corrected chi connectivity index (χ2v) is 7.23. The highest BCUT2D eigenvalue weighted by molar-refractivity contribution is 7.11. The van der Waals surface area contributed by atoms with Gasteiger partial charge >= 0.3 is 0 Å². The predicted molar refractivity (Wildman–Crippen MR) is 104 cm³/mol. The van der Waals surface area contributed by atoms with Crippen LogP contribution < -0.4 is 5.32 Å².